The van der Waals surface area contributed by atoms with Crippen molar-refractivity contribution in [2.75, 3.05) is 0 Å². The van der Waals surface area contributed by atoms with Crippen LogP contribution in [-0.2, 0) is 12.0 Å². The summed E-state index contributed by atoms with van der Waals surface area (Å²) in [4.78, 5) is 3.84. The van der Waals surface area contributed by atoms with E-state index in [0.29, 0.717) is 11.3 Å². The normalized spacial score (nSPS) is 14.2. The summed E-state index contributed by atoms with van der Waals surface area (Å²) < 4.78 is 26.1. The highest BCUT2D eigenvalue weighted by Gasteiger charge is 2.26. The lowest BCUT2D eigenvalue weighted by atomic mass is 9.92. The van der Waals surface area contributed by atoms with Crippen LogP contribution in [0.4, 0.5) is 8.78 Å². The van der Waals surface area contributed by atoms with Crippen LogP contribution in [0.5, 0.6) is 0 Å². The highest BCUT2D eigenvalue weighted by atomic mass is 35.5. The van der Waals surface area contributed by atoms with Crippen molar-refractivity contribution < 1.29 is 13.9 Å². The van der Waals surface area contributed by atoms with Gasteiger partial charge in [0.2, 0.25) is 0 Å². The van der Waals surface area contributed by atoms with Gasteiger partial charge in [0, 0.05) is 6.42 Å². The number of aromatic nitrogens is 1. The van der Waals surface area contributed by atoms with E-state index in [1.54, 1.807) is 6.07 Å². The molecule has 1 unspecified atom stereocenters. The SMILES string of the molecule is CC(O)(Cc1cccc(F)c1Cl)c1ccc(F)cn1. The monoisotopic (exact) mass is 283 g/mol. The number of aliphatic hydroxyl groups is 1. The molecule has 19 heavy (non-hydrogen) atoms. The molecule has 0 spiro atoms. The molecule has 100 valence electrons. The van der Waals surface area contributed by atoms with E-state index in [1.807, 2.05) is 0 Å². The zero-order valence-electron chi connectivity index (χ0n) is 10.2. The number of hydrogen-bond acceptors (Lipinski definition) is 2. The van der Waals surface area contributed by atoms with Gasteiger partial charge in [-0.1, -0.05) is 23.7 Å². The molecule has 0 aliphatic heterocycles. The molecule has 0 radical (unpaired) electrons. The second kappa shape index (κ2) is 5.23. The maximum Gasteiger partial charge on any atom is 0.142 e. The summed E-state index contributed by atoms with van der Waals surface area (Å²) in [5.74, 6) is -1.02. The minimum atomic E-state index is -1.36. The zero-order chi connectivity index (χ0) is 14.0. The van der Waals surface area contributed by atoms with Gasteiger partial charge in [0.1, 0.15) is 17.2 Å². The van der Waals surface area contributed by atoms with Gasteiger partial charge in [0.05, 0.1) is 16.9 Å². The minimum Gasteiger partial charge on any atom is -0.383 e. The van der Waals surface area contributed by atoms with Crippen LogP contribution in [0, 0.1) is 11.6 Å². The molecule has 0 aliphatic rings. The van der Waals surface area contributed by atoms with Crippen molar-refractivity contribution in [3.8, 4) is 0 Å². The smallest absolute Gasteiger partial charge is 0.142 e. The second-order valence-corrected chi connectivity index (χ2v) is 4.90. The minimum absolute atomic E-state index is 0.0233. The van der Waals surface area contributed by atoms with Crippen molar-refractivity contribution in [2.24, 2.45) is 0 Å². The van der Waals surface area contributed by atoms with E-state index < -0.39 is 17.2 Å². The fourth-order valence-corrected chi connectivity index (χ4v) is 2.03. The largest absolute Gasteiger partial charge is 0.383 e. The third-order valence-electron chi connectivity index (χ3n) is 2.85. The van der Waals surface area contributed by atoms with E-state index in [0.717, 1.165) is 6.20 Å². The van der Waals surface area contributed by atoms with Gasteiger partial charge in [-0.2, -0.15) is 0 Å². The third-order valence-corrected chi connectivity index (χ3v) is 3.27. The van der Waals surface area contributed by atoms with Crippen LogP contribution in [-0.4, -0.2) is 10.1 Å². The van der Waals surface area contributed by atoms with Crippen LogP contribution in [0.3, 0.4) is 0 Å². The first kappa shape index (κ1) is 13.9. The molecular formula is C14H12ClF2NO. The van der Waals surface area contributed by atoms with Gasteiger partial charge in [0.25, 0.3) is 0 Å². The molecule has 1 aromatic carbocycles. The molecule has 1 aromatic heterocycles. The molecule has 0 aliphatic carbocycles. The standard InChI is InChI=1S/C14H12ClF2NO/c1-14(19,12-6-5-10(16)8-18-12)7-9-3-2-4-11(17)13(9)15/h2-6,8,19H,7H2,1H3. The predicted molar refractivity (Wildman–Crippen MR) is 68.9 cm³/mol. The van der Waals surface area contributed by atoms with Crippen molar-refractivity contribution in [3.63, 3.8) is 0 Å². The first-order valence-electron chi connectivity index (χ1n) is 5.67. The highest BCUT2D eigenvalue weighted by molar-refractivity contribution is 6.31. The van der Waals surface area contributed by atoms with Crippen molar-refractivity contribution >= 4 is 11.6 Å². The molecule has 2 aromatic rings. The summed E-state index contributed by atoms with van der Waals surface area (Å²) >= 11 is 5.85. The fourth-order valence-electron chi connectivity index (χ4n) is 1.84. The Morgan fingerprint density at radius 3 is 2.63 bits per heavy atom. The van der Waals surface area contributed by atoms with Crippen LogP contribution < -0.4 is 0 Å². The van der Waals surface area contributed by atoms with Gasteiger partial charge >= 0.3 is 0 Å². The van der Waals surface area contributed by atoms with Crippen molar-refractivity contribution in [1.82, 2.24) is 4.98 Å². The van der Waals surface area contributed by atoms with E-state index in [4.69, 9.17) is 11.6 Å². The molecule has 0 saturated heterocycles. The average molecular weight is 284 g/mol. The second-order valence-electron chi connectivity index (χ2n) is 4.53. The summed E-state index contributed by atoms with van der Waals surface area (Å²) in [6, 6.07) is 7.00. The lowest BCUT2D eigenvalue weighted by Gasteiger charge is -2.23. The summed E-state index contributed by atoms with van der Waals surface area (Å²) in [5.41, 5.74) is -0.586. The Morgan fingerprint density at radius 2 is 2.00 bits per heavy atom. The van der Waals surface area contributed by atoms with Crippen LogP contribution in [0.1, 0.15) is 18.2 Å². The first-order chi connectivity index (χ1) is 8.90. The lowest BCUT2D eigenvalue weighted by molar-refractivity contribution is 0.0529. The maximum absolute atomic E-state index is 13.3. The number of pyridine rings is 1. The maximum atomic E-state index is 13.3. The summed E-state index contributed by atoms with van der Waals surface area (Å²) in [5, 5.41) is 10.4. The van der Waals surface area contributed by atoms with Crippen molar-refractivity contribution in [3.05, 3.63) is 64.4 Å². The van der Waals surface area contributed by atoms with Crippen LogP contribution in [0.2, 0.25) is 5.02 Å². The Bertz CT molecular complexity index is 584. The molecule has 1 heterocycles. The molecule has 5 heteroatoms. The van der Waals surface area contributed by atoms with Gasteiger partial charge in [0.15, 0.2) is 0 Å². The summed E-state index contributed by atoms with van der Waals surface area (Å²) in [7, 11) is 0. The van der Waals surface area contributed by atoms with E-state index in [2.05, 4.69) is 4.98 Å². The molecular weight excluding hydrogens is 272 g/mol. The molecule has 0 saturated carbocycles. The Kier molecular flexibility index (Phi) is 3.83. The summed E-state index contributed by atoms with van der Waals surface area (Å²) in [6.45, 7) is 1.52. The molecule has 2 rings (SSSR count). The number of halogens is 3. The average Bonchev–Trinajstić information content (AvgIpc) is 2.35. The van der Waals surface area contributed by atoms with Crippen LogP contribution in [0.25, 0.3) is 0 Å². The number of benzene rings is 1. The number of rotatable bonds is 3. The van der Waals surface area contributed by atoms with Gasteiger partial charge in [-0.05, 0) is 30.7 Å². The van der Waals surface area contributed by atoms with Gasteiger partial charge in [-0.25, -0.2) is 8.78 Å². The zero-order valence-corrected chi connectivity index (χ0v) is 11.0. The van der Waals surface area contributed by atoms with Gasteiger partial charge < -0.3 is 5.11 Å². The topological polar surface area (TPSA) is 33.1 Å². The van der Waals surface area contributed by atoms with E-state index in [9.17, 15) is 13.9 Å². The lowest BCUT2D eigenvalue weighted by Crippen LogP contribution is -2.26. The number of nitrogens with zero attached hydrogens (tertiary/aromatic N) is 1. The Balaban J connectivity index is 2.30. The summed E-state index contributed by atoms with van der Waals surface area (Å²) in [6.07, 6.45) is 1.11. The highest BCUT2D eigenvalue weighted by Crippen LogP contribution is 2.28. The Morgan fingerprint density at radius 1 is 1.26 bits per heavy atom. The molecule has 0 amide bonds. The van der Waals surface area contributed by atoms with Gasteiger partial charge in [-0.3, -0.25) is 4.98 Å². The fraction of sp³-hybridized carbons (Fsp3) is 0.214. The van der Waals surface area contributed by atoms with Crippen molar-refractivity contribution in [1.29, 1.82) is 0 Å². The van der Waals surface area contributed by atoms with E-state index >= 15 is 0 Å². The molecule has 0 bridgehead atoms. The van der Waals surface area contributed by atoms with E-state index in [1.165, 1.54) is 31.2 Å². The number of hydrogen-bond donors (Lipinski definition) is 1. The molecule has 1 N–H and O–H groups in total. The molecule has 1 atom stereocenters. The van der Waals surface area contributed by atoms with Crippen molar-refractivity contribution in [2.45, 2.75) is 18.9 Å². The molecule has 0 fully saturated rings. The predicted octanol–water partition coefficient (Wildman–Crippen LogP) is 3.46. The quantitative estimate of drug-likeness (QED) is 0.936. The third kappa shape index (κ3) is 3.08. The van der Waals surface area contributed by atoms with Crippen LogP contribution >= 0.6 is 11.6 Å². The Hall–Kier alpha value is -1.52. The Labute approximate surface area is 114 Å². The van der Waals surface area contributed by atoms with Gasteiger partial charge in [-0.15, -0.1) is 0 Å². The first-order valence-corrected chi connectivity index (χ1v) is 6.05. The van der Waals surface area contributed by atoms with Crippen LogP contribution in [0.15, 0.2) is 36.5 Å². The van der Waals surface area contributed by atoms with E-state index in [-0.39, 0.29) is 11.4 Å². The molecule has 2 nitrogen and oxygen atoms in total.